The molecule has 0 atom stereocenters. The van der Waals surface area contributed by atoms with Gasteiger partial charge in [0.05, 0.1) is 18.7 Å². The number of carbonyl (C=O) groups excluding carboxylic acids is 1. The van der Waals surface area contributed by atoms with Gasteiger partial charge in [-0.1, -0.05) is 19.3 Å². The van der Waals surface area contributed by atoms with Crippen LogP contribution in [0.5, 0.6) is 5.88 Å². The Morgan fingerprint density at radius 3 is 2.68 bits per heavy atom. The normalized spacial score (nSPS) is 17.3. The van der Waals surface area contributed by atoms with E-state index >= 15 is 0 Å². The molecule has 1 N–H and O–H groups in total. The number of rotatable bonds is 3. The minimum atomic E-state index is -0.713. The van der Waals surface area contributed by atoms with Gasteiger partial charge in [0.1, 0.15) is 5.54 Å². The number of hydrogen-bond acceptors (Lipinski definition) is 4. The van der Waals surface area contributed by atoms with Crippen LogP contribution in [0.2, 0.25) is 0 Å². The minimum Gasteiger partial charge on any atom is -0.481 e. The molecule has 2 rings (SSSR count). The molecule has 0 spiro atoms. The van der Waals surface area contributed by atoms with Gasteiger partial charge in [-0.15, -0.1) is 0 Å². The van der Waals surface area contributed by atoms with E-state index in [2.05, 4.69) is 16.4 Å². The Labute approximate surface area is 112 Å². The van der Waals surface area contributed by atoms with E-state index in [1.54, 1.807) is 12.1 Å². The first-order valence-electron chi connectivity index (χ1n) is 6.43. The summed E-state index contributed by atoms with van der Waals surface area (Å²) in [5.41, 5.74) is -0.268. The number of nitrogens with one attached hydrogen (secondary N) is 1. The van der Waals surface area contributed by atoms with Crippen LogP contribution in [0.25, 0.3) is 0 Å². The van der Waals surface area contributed by atoms with Crippen LogP contribution in [0.1, 0.15) is 42.5 Å². The average molecular weight is 259 g/mol. The molecule has 1 aromatic heterocycles. The molecular weight excluding hydrogens is 242 g/mol. The molecule has 0 aliphatic heterocycles. The van der Waals surface area contributed by atoms with Crippen molar-refractivity contribution in [2.75, 3.05) is 7.11 Å². The van der Waals surface area contributed by atoms with E-state index in [1.165, 1.54) is 13.3 Å². The summed E-state index contributed by atoms with van der Waals surface area (Å²) in [5, 5.41) is 12.2. The van der Waals surface area contributed by atoms with Gasteiger partial charge in [-0.05, 0) is 18.9 Å². The van der Waals surface area contributed by atoms with Gasteiger partial charge in [-0.3, -0.25) is 4.79 Å². The molecule has 0 aromatic carbocycles. The summed E-state index contributed by atoms with van der Waals surface area (Å²) in [6.07, 6.45) is 5.99. The smallest absolute Gasteiger partial charge is 0.254 e. The molecule has 1 fully saturated rings. The number of methoxy groups -OCH3 is 1. The summed E-state index contributed by atoms with van der Waals surface area (Å²) >= 11 is 0. The molecule has 5 heteroatoms. The van der Waals surface area contributed by atoms with Gasteiger partial charge in [0.25, 0.3) is 5.91 Å². The second kappa shape index (κ2) is 5.70. The maximum Gasteiger partial charge on any atom is 0.254 e. The van der Waals surface area contributed by atoms with Crippen molar-refractivity contribution in [3.8, 4) is 11.9 Å². The highest BCUT2D eigenvalue weighted by atomic mass is 16.5. The van der Waals surface area contributed by atoms with E-state index in [9.17, 15) is 10.1 Å². The Morgan fingerprint density at radius 2 is 2.16 bits per heavy atom. The number of ether oxygens (including phenoxy) is 1. The van der Waals surface area contributed by atoms with Crippen LogP contribution in [0.4, 0.5) is 0 Å². The number of pyridine rings is 1. The van der Waals surface area contributed by atoms with Gasteiger partial charge in [0, 0.05) is 12.3 Å². The number of hydrogen-bond donors (Lipinski definition) is 1. The van der Waals surface area contributed by atoms with Gasteiger partial charge in [0.15, 0.2) is 0 Å². The molecule has 1 heterocycles. The lowest BCUT2D eigenvalue weighted by Crippen LogP contribution is -2.48. The summed E-state index contributed by atoms with van der Waals surface area (Å²) in [7, 11) is 1.52. The number of nitriles is 1. The highest BCUT2D eigenvalue weighted by molar-refractivity contribution is 5.94. The Bertz CT molecular complexity index is 484. The third kappa shape index (κ3) is 3.02. The third-order valence-electron chi connectivity index (χ3n) is 3.48. The summed E-state index contributed by atoms with van der Waals surface area (Å²) in [4.78, 5) is 16.1. The van der Waals surface area contributed by atoms with E-state index in [4.69, 9.17) is 4.74 Å². The molecule has 0 saturated heterocycles. The molecule has 0 bridgehead atoms. The first kappa shape index (κ1) is 13.3. The molecule has 100 valence electrons. The monoisotopic (exact) mass is 259 g/mol. The van der Waals surface area contributed by atoms with Crippen LogP contribution in [-0.4, -0.2) is 23.5 Å². The maximum absolute atomic E-state index is 12.1. The van der Waals surface area contributed by atoms with Crippen LogP contribution in [0.3, 0.4) is 0 Å². The molecule has 0 radical (unpaired) electrons. The van der Waals surface area contributed by atoms with Crippen molar-refractivity contribution >= 4 is 5.91 Å². The third-order valence-corrected chi connectivity index (χ3v) is 3.48. The quantitative estimate of drug-likeness (QED) is 0.901. The zero-order chi connectivity index (χ0) is 13.7. The van der Waals surface area contributed by atoms with Crippen molar-refractivity contribution in [3.05, 3.63) is 23.9 Å². The van der Waals surface area contributed by atoms with Crippen molar-refractivity contribution < 1.29 is 9.53 Å². The number of amides is 1. The predicted octanol–water partition coefficient (Wildman–Crippen LogP) is 2.05. The number of aromatic nitrogens is 1. The van der Waals surface area contributed by atoms with Crippen molar-refractivity contribution in [1.82, 2.24) is 10.3 Å². The highest BCUT2D eigenvalue weighted by Gasteiger charge is 2.33. The van der Waals surface area contributed by atoms with E-state index < -0.39 is 5.54 Å². The lowest BCUT2D eigenvalue weighted by atomic mass is 9.82. The second-order valence-electron chi connectivity index (χ2n) is 4.80. The Morgan fingerprint density at radius 1 is 1.42 bits per heavy atom. The van der Waals surface area contributed by atoms with Crippen molar-refractivity contribution in [2.45, 2.75) is 37.6 Å². The summed E-state index contributed by atoms with van der Waals surface area (Å²) in [6.45, 7) is 0. The summed E-state index contributed by atoms with van der Waals surface area (Å²) in [5.74, 6) is 0.211. The summed E-state index contributed by atoms with van der Waals surface area (Å²) < 4.78 is 4.94. The molecular formula is C14H17N3O2. The highest BCUT2D eigenvalue weighted by Crippen LogP contribution is 2.27. The van der Waals surface area contributed by atoms with Crippen LogP contribution in [0.15, 0.2) is 18.3 Å². The van der Waals surface area contributed by atoms with Crippen molar-refractivity contribution in [1.29, 1.82) is 5.26 Å². The Kier molecular flexibility index (Phi) is 4.00. The fourth-order valence-corrected chi connectivity index (χ4v) is 2.34. The summed E-state index contributed by atoms with van der Waals surface area (Å²) in [6, 6.07) is 5.55. The van der Waals surface area contributed by atoms with Gasteiger partial charge in [0.2, 0.25) is 5.88 Å². The van der Waals surface area contributed by atoms with Crippen molar-refractivity contribution in [2.24, 2.45) is 0 Å². The molecule has 1 aliphatic carbocycles. The fourth-order valence-electron chi connectivity index (χ4n) is 2.34. The first-order valence-corrected chi connectivity index (χ1v) is 6.43. The van der Waals surface area contributed by atoms with Crippen LogP contribution in [-0.2, 0) is 0 Å². The van der Waals surface area contributed by atoms with Crippen LogP contribution in [0, 0.1) is 11.3 Å². The van der Waals surface area contributed by atoms with Gasteiger partial charge in [-0.2, -0.15) is 5.26 Å². The second-order valence-corrected chi connectivity index (χ2v) is 4.80. The number of carbonyl (C=O) groups is 1. The van der Waals surface area contributed by atoms with Gasteiger partial charge in [-0.25, -0.2) is 4.98 Å². The molecule has 1 aliphatic rings. The number of nitrogens with zero attached hydrogens (tertiary/aromatic N) is 2. The van der Waals surface area contributed by atoms with E-state index in [1.807, 2.05) is 0 Å². The molecule has 1 amide bonds. The van der Waals surface area contributed by atoms with E-state index in [-0.39, 0.29) is 5.91 Å². The zero-order valence-electron chi connectivity index (χ0n) is 11.0. The Balaban J connectivity index is 2.08. The molecule has 19 heavy (non-hydrogen) atoms. The molecule has 1 aromatic rings. The van der Waals surface area contributed by atoms with E-state index in [0.29, 0.717) is 11.4 Å². The molecule has 1 saturated carbocycles. The van der Waals surface area contributed by atoms with E-state index in [0.717, 1.165) is 32.1 Å². The van der Waals surface area contributed by atoms with Gasteiger partial charge >= 0.3 is 0 Å². The average Bonchev–Trinajstić information content (AvgIpc) is 2.48. The molecule has 5 nitrogen and oxygen atoms in total. The minimum absolute atomic E-state index is 0.251. The maximum atomic E-state index is 12.1. The predicted molar refractivity (Wildman–Crippen MR) is 69.7 cm³/mol. The largest absolute Gasteiger partial charge is 0.481 e. The van der Waals surface area contributed by atoms with Crippen LogP contribution >= 0.6 is 0 Å². The van der Waals surface area contributed by atoms with Crippen LogP contribution < -0.4 is 10.1 Å². The first-order chi connectivity index (χ1) is 9.19. The topological polar surface area (TPSA) is 75.0 Å². The zero-order valence-corrected chi connectivity index (χ0v) is 11.0. The lowest BCUT2D eigenvalue weighted by molar-refractivity contribution is 0.0902. The molecule has 0 unspecified atom stereocenters. The van der Waals surface area contributed by atoms with Crippen molar-refractivity contribution in [3.63, 3.8) is 0 Å². The fraction of sp³-hybridized carbons (Fsp3) is 0.500. The standard InChI is InChI=1S/C14H17N3O2/c1-19-12-6-5-11(9-16-12)13(18)17-14(10-15)7-3-2-4-8-14/h5-6,9H,2-4,7-8H2,1H3,(H,17,18). The lowest BCUT2D eigenvalue weighted by Gasteiger charge is -2.31. The van der Waals surface area contributed by atoms with Gasteiger partial charge < -0.3 is 10.1 Å². The SMILES string of the molecule is COc1ccc(C(=O)NC2(C#N)CCCCC2)cn1. The Hall–Kier alpha value is -2.09.